The summed E-state index contributed by atoms with van der Waals surface area (Å²) in [5.74, 6) is 5.81. The molecule has 0 fully saturated rings. The van der Waals surface area contributed by atoms with Crippen LogP contribution in [0.1, 0.15) is 11.3 Å². The van der Waals surface area contributed by atoms with Gasteiger partial charge in [0.25, 0.3) is 0 Å². The predicted octanol–water partition coefficient (Wildman–Crippen LogP) is 1.71. The molecule has 2 rings (SSSR count). The van der Waals surface area contributed by atoms with Crippen LogP contribution in [0.5, 0.6) is 0 Å². The van der Waals surface area contributed by atoms with Gasteiger partial charge in [0.1, 0.15) is 0 Å². The van der Waals surface area contributed by atoms with Crippen LogP contribution in [0.4, 0.5) is 11.5 Å². The first-order chi connectivity index (χ1) is 8.69. The summed E-state index contributed by atoms with van der Waals surface area (Å²) in [4.78, 5) is 10.5. The van der Waals surface area contributed by atoms with Crippen molar-refractivity contribution < 1.29 is 0 Å². The van der Waals surface area contributed by atoms with Crippen molar-refractivity contribution in [1.29, 1.82) is 0 Å². The van der Waals surface area contributed by atoms with E-state index in [1.165, 1.54) is 5.56 Å². The zero-order valence-corrected chi connectivity index (χ0v) is 10.6. The quantitative estimate of drug-likeness (QED) is 0.632. The maximum Gasteiger partial charge on any atom is 0.158 e. The summed E-state index contributed by atoms with van der Waals surface area (Å²) < 4.78 is 0. The van der Waals surface area contributed by atoms with Gasteiger partial charge < -0.3 is 10.3 Å². The molecule has 1 heterocycles. The van der Waals surface area contributed by atoms with Gasteiger partial charge in [0.2, 0.25) is 0 Å². The number of aryl methyl sites for hydroxylation is 1. The number of aromatic nitrogens is 2. The van der Waals surface area contributed by atoms with E-state index in [9.17, 15) is 0 Å². The highest BCUT2D eigenvalue weighted by Crippen LogP contribution is 2.15. The van der Waals surface area contributed by atoms with Gasteiger partial charge in [-0.05, 0) is 19.1 Å². The summed E-state index contributed by atoms with van der Waals surface area (Å²) in [6.07, 6.45) is 3.35. The minimum Gasteiger partial charge on any atom is -0.369 e. The summed E-state index contributed by atoms with van der Waals surface area (Å²) in [5.41, 5.74) is 5.77. The lowest BCUT2D eigenvalue weighted by Crippen LogP contribution is -2.17. The van der Waals surface area contributed by atoms with Crippen LogP contribution in [-0.2, 0) is 6.54 Å². The molecule has 1 aromatic heterocycles. The van der Waals surface area contributed by atoms with E-state index >= 15 is 0 Å². The van der Waals surface area contributed by atoms with Crippen LogP contribution in [0.15, 0.2) is 36.7 Å². The van der Waals surface area contributed by atoms with E-state index in [-0.39, 0.29) is 0 Å². The Kier molecular flexibility index (Phi) is 3.74. The Bertz CT molecular complexity index is 492. The van der Waals surface area contributed by atoms with Crippen molar-refractivity contribution in [1.82, 2.24) is 9.97 Å². The van der Waals surface area contributed by atoms with Crippen LogP contribution in [0.25, 0.3) is 0 Å². The van der Waals surface area contributed by atoms with Crippen molar-refractivity contribution in [2.45, 2.75) is 13.5 Å². The number of nitrogens with one attached hydrogen (secondary N) is 1. The number of nitrogens with two attached hydrogens (primary N) is 1. The molecule has 0 aliphatic rings. The third-order valence-electron chi connectivity index (χ3n) is 2.73. The van der Waals surface area contributed by atoms with E-state index in [0.29, 0.717) is 12.4 Å². The van der Waals surface area contributed by atoms with E-state index in [1.807, 2.05) is 7.05 Å². The van der Waals surface area contributed by atoms with Crippen LogP contribution in [0.2, 0.25) is 0 Å². The molecule has 0 radical (unpaired) electrons. The summed E-state index contributed by atoms with van der Waals surface area (Å²) >= 11 is 0. The number of anilines is 2. The van der Waals surface area contributed by atoms with Gasteiger partial charge in [0.15, 0.2) is 5.82 Å². The SMILES string of the molecule is Cc1ccc(N(C)Cc2cnc(NN)cn2)cc1. The Morgan fingerprint density at radius 1 is 1.17 bits per heavy atom. The van der Waals surface area contributed by atoms with E-state index < -0.39 is 0 Å². The molecule has 0 spiro atoms. The van der Waals surface area contributed by atoms with E-state index in [0.717, 1.165) is 11.4 Å². The molecular weight excluding hydrogens is 226 g/mol. The molecule has 1 aromatic carbocycles. The average molecular weight is 243 g/mol. The van der Waals surface area contributed by atoms with Crippen LogP contribution in [0.3, 0.4) is 0 Å². The van der Waals surface area contributed by atoms with Crippen LogP contribution in [0, 0.1) is 6.92 Å². The first-order valence-electron chi connectivity index (χ1n) is 5.74. The summed E-state index contributed by atoms with van der Waals surface area (Å²) in [6.45, 7) is 2.79. The first-order valence-corrected chi connectivity index (χ1v) is 5.74. The molecule has 0 saturated carbocycles. The number of nitrogens with zero attached hydrogens (tertiary/aromatic N) is 3. The monoisotopic (exact) mass is 243 g/mol. The highest BCUT2D eigenvalue weighted by Gasteiger charge is 2.03. The van der Waals surface area contributed by atoms with Crippen molar-refractivity contribution >= 4 is 11.5 Å². The number of hydrazine groups is 1. The summed E-state index contributed by atoms with van der Waals surface area (Å²) in [6, 6.07) is 8.38. The third kappa shape index (κ3) is 2.95. The standard InChI is InChI=1S/C13H17N5/c1-10-3-5-12(6-4-10)18(2)9-11-7-16-13(17-14)8-15-11/h3-8H,9,14H2,1-2H3,(H,16,17). The lowest BCUT2D eigenvalue weighted by atomic mass is 10.2. The number of hydrogen-bond acceptors (Lipinski definition) is 5. The number of nitrogen functional groups attached to an aromatic ring is 1. The highest BCUT2D eigenvalue weighted by atomic mass is 15.3. The maximum atomic E-state index is 5.24. The molecule has 0 aliphatic heterocycles. The zero-order chi connectivity index (χ0) is 13.0. The largest absolute Gasteiger partial charge is 0.369 e. The van der Waals surface area contributed by atoms with Gasteiger partial charge in [-0.15, -0.1) is 0 Å². The molecule has 2 aromatic rings. The topological polar surface area (TPSA) is 67.1 Å². The van der Waals surface area contributed by atoms with Crippen molar-refractivity contribution in [3.8, 4) is 0 Å². The Balaban J connectivity index is 2.05. The molecule has 3 N–H and O–H groups in total. The fourth-order valence-corrected chi connectivity index (χ4v) is 1.64. The molecular formula is C13H17N5. The Morgan fingerprint density at radius 2 is 1.89 bits per heavy atom. The van der Waals surface area contributed by atoms with E-state index in [2.05, 4.69) is 51.5 Å². The summed E-state index contributed by atoms with van der Waals surface area (Å²) in [7, 11) is 2.03. The minimum absolute atomic E-state index is 0.566. The maximum absolute atomic E-state index is 5.24. The lowest BCUT2D eigenvalue weighted by Gasteiger charge is -2.18. The predicted molar refractivity (Wildman–Crippen MR) is 73.1 cm³/mol. The van der Waals surface area contributed by atoms with Crippen molar-refractivity contribution in [3.63, 3.8) is 0 Å². The molecule has 0 unspecified atom stereocenters. The van der Waals surface area contributed by atoms with Crippen molar-refractivity contribution in [3.05, 3.63) is 47.9 Å². The zero-order valence-electron chi connectivity index (χ0n) is 10.6. The Morgan fingerprint density at radius 3 is 2.44 bits per heavy atom. The molecule has 0 amide bonds. The summed E-state index contributed by atoms with van der Waals surface area (Å²) in [5, 5.41) is 0. The Hall–Kier alpha value is -2.14. The molecule has 5 heteroatoms. The second-order valence-electron chi connectivity index (χ2n) is 4.23. The molecule has 94 valence electrons. The molecule has 0 bridgehead atoms. The van der Waals surface area contributed by atoms with Crippen LogP contribution < -0.4 is 16.2 Å². The molecule has 0 atom stereocenters. The van der Waals surface area contributed by atoms with Crippen LogP contribution in [-0.4, -0.2) is 17.0 Å². The van der Waals surface area contributed by atoms with E-state index in [4.69, 9.17) is 5.84 Å². The van der Waals surface area contributed by atoms with E-state index in [1.54, 1.807) is 12.4 Å². The van der Waals surface area contributed by atoms with Gasteiger partial charge >= 0.3 is 0 Å². The van der Waals surface area contributed by atoms with Crippen molar-refractivity contribution in [2.24, 2.45) is 5.84 Å². The van der Waals surface area contributed by atoms with Gasteiger partial charge in [-0.3, -0.25) is 4.98 Å². The van der Waals surface area contributed by atoms with Crippen LogP contribution >= 0.6 is 0 Å². The molecule has 18 heavy (non-hydrogen) atoms. The van der Waals surface area contributed by atoms with Gasteiger partial charge in [0.05, 0.1) is 24.6 Å². The van der Waals surface area contributed by atoms with Crippen molar-refractivity contribution in [2.75, 3.05) is 17.4 Å². The number of rotatable bonds is 4. The van der Waals surface area contributed by atoms with Gasteiger partial charge in [0, 0.05) is 12.7 Å². The first kappa shape index (κ1) is 12.3. The third-order valence-corrected chi connectivity index (χ3v) is 2.73. The smallest absolute Gasteiger partial charge is 0.158 e. The Labute approximate surface area is 107 Å². The normalized spacial score (nSPS) is 10.2. The molecule has 5 nitrogen and oxygen atoms in total. The average Bonchev–Trinajstić information content (AvgIpc) is 2.40. The fraction of sp³-hybridized carbons (Fsp3) is 0.231. The minimum atomic E-state index is 0.566. The second kappa shape index (κ2) is 5.46. The fourth-order valence-electron chi connectivity index (χ4n) is 1.64. The lowest BCUT2D eigenvalue weighted by molar-refractivity contribution is 0.873. The second-order valence-corrected chi connectivity index (χ2v) is 4.23. The molecule has 0 saturated heterocycles. The molecule has 0 aliphatic carbocycles. The van der Waals surface area contributed by atoms with Gasteiger partial charge in [-0.2, -0.15) is 0 Å². The number of benzene rings is 1. The van der Waals surface area contributed by atoms with Gasteiger partial charge in [-0.25, -0.2) is 10.8 Å². The highest BCUT2D eigenvalue weighted by molar-refractivity contribution is 5.46. The number of hydrogen-bond donors (Lipinski definition) is 2. The van der Waals surface area contributed by atoms with Gasteiger partial charge in [-0.1, -0.05) is 17.7 Å².